The normalized spacial score (nSPS) is 17.5. The topological polar surface area (TPSA) is 94.7 Å². The number of aliphatic hydroxyl groups is 1. The van der Waals surface area contributed by atoms with Gasteiger partial charge in [0.2, 0.25) is 0 Å². The predicted octanol–water partition coefficient (Wildman–Crippen LogP) is 3.51. The lowest BCUT2D eigenvalue weighted by atomic mass is 9.84. The number of amides is 2. The molecule has 3 aromatic rings. The number of hydrogen-bond acceptors (Lipinski definition) is 4. The van der Waals surface area contributed by atoms with Crippen molar-refractivity contribution in [3.8, 4) is 0 Å². The van der Waals surface area contributed by atoms with Crippen molar-refractivity contribution in [2.75, 3.05) is 20.2 Å². The molecule has 168 valence electrons. The summed E-state index contributed by atoms with van der Waals surface area (Å²) in [5.41, 5.74) is 1.83. The number of likely N-dealkylation sites (tertiary alicyclic amines) is 1. The molecule has 7 heteroatoms. The van der Waals surface area contributed by atoms with Crippen molar-refractivity contribution < 1.29 is 19.4 Å². The molecule has 32 heavy (non-hydrogen) atoms. The summed E-state index contributed by atoms with van der Waals surface area (Å²) in [4.78, 5) is 30.5. The number of benzene rings is 2. The van der Waals surface area contributed by atoms with Gasteiger partial charge in [-0.1, -0.05) is 55.5 Å². The van der Waals surface area contributed by atoms with Gasteiger partial charge >= 0.3 is 12.0 Å². The van der Waals surface area contributed by atoms with Crippen LogP contribution < -0.4 is 5.32 Å². The number of H-pyrrole nitrogens is 1. The first-order chi connectivity index (χ1) is 15.4. The van der Waals surface area contributed by atoms with Crippen molar-refractivity contribution in [3.63, 3.8) is 0 Å². The Kier molecular flexibility index (Phi) is 6.19. The summed E-state index contributed by atoms with van der Waals surface area (Å²) < 4.78 is 5.00. The number of carbonyl (C=O) groups is 2. The lowest BCUT2D eigenvalue weighted by molar-refractivity contribution is -0.143. The molecule has 1 saturated heterocycles. The van der Waals surface area contributed by atoms with Crippen molar-refractivity contribution in [2.24, 2.45) is 0 Å². The van der Waals surface area contributed by atoms with Crippen molar-refractivity contribution >= 4 is 22.9 Å². The second-order valence-corrected chi connectivity index (χ2v) is 8.41. The number of piperidine rings is 1. The van der Waals surface area contributed by atoms with Crippen molar-refractivity contribution in [1.29, 1.82) is 0 Å². The van der Waals surface area contributed by atoms with E-state index in [0.29, 0.717) is 25.9 Å². The number of hydrogen-bond donors (Lipinski definition) is 3. The highest BCUT2D eigenvalue weighted by atomic mass is 16.5. The average molecular weight is 436 g/mol. The standard InChI is InChI=1S/C25H29N3O4/c1-17(20-16-26-21-11-7-6-10-19(20)21)22(23(29)32-2)27-24(30)28-14-12-25(31,13-15-28)18-8-4-3-5-9-18/h3-11,16-17,22,26,31H,12-15H2,1-2H3,(H,27,30)/t17-,22+/m0/s1. The van der Waals surface area contributed by atoms with E-state index in [1.807, 2.05) is 67.7 Å². The van der Waals surface area contributed by atoms with Crippen LogP contribution in [-0.4, -0.2) is 53.2 Å². The lowest BCUT2D eigenvalue weighted by Gasteiger charge is -2.39. The predicted molar refractivity (Wildman–Crippen MR) is 122 cm³/mol. The number of rotatable bonds is 5. The number of aromatic amines is 1. The van der Waals surface area contributed by atoms with Gasteiger partial charge in [0.15, 0.2) is 0 Å². The van der Waals surface area contributed by atoms with E-state index in [9.17, 15) is 14.7 Å². The summed E-state index contributed by atoms with van der Waals surface area (Å²) in [5, 5.41) is 14.9. The molecule has 1 aliphatic rings. The quantitative estimate of drug-likeness (QED) is 0.535. The third kappa shape index (κ3) is 4.21. The molecule has 2 amide bonds. The molecule has 3 N–H and O–H groups in total. The monoisotopic (exact) mass is 435 g/mol. The summed E-state index contributed by atoms with van der Waals surface area (Å²) in [5.74, 6) is -0.789. The number of carbonyl (C=O) groups excluding carboxylic acids is 2. The number of nitrogens with zero attached hydrogens (tertiary/aromatic N) is 1. The fourth-order valence-electron chi connectivity index (χ4n) is 4.51. The van der Waals surface area contributed by atoms with Gasteiger partial charge in [-0.05, 0) is 30.0 Å². The van der Waals surface area contributed by atoms with Gasteiger partial charge < -0.3 is 25.0 Å². The van der Waals surface area contributed by atoms with Crippen LogP contribution in [0.4, 0.5) is 4.79 Å². The second-order valence-electron chi connectivity index (χ2n) is 8.41. The van der Waals surface area contributed by atoms with Gasteiger partial charge in [-0.15, -0.1) is 0 Å². The Hall–Kier alpha value is -3.32. The highest BCUT2D eigenvalue weighted by molar-refractivity contribution is 5.88. The first-order valence-electron chi connectivity index (χ1n) is 10.9. The Morgan fingerprint density at radius 1 is 1.09 bits per heavy atom. The largest absolute Gasteiger partial charge is 0.467 e. The molecule has 7 nitrogen and oxygen atoms in total. The second kappa shape index (κ2) is 9.04. The summed E-state index contributed by atoms with van der Waals surface area (Å²) in [6.07, 6.45) is 2.74. The van der Waals surface area contributed by atoms with Crippen molar-refractivity contribution in [2.45, 2.75) is 37.3 Å². The molecule has 0 bridgehead atoms. The van der Waals surface area contributed by atoms with Crippen LogP contribution in [0.3, 0.4) is 0 Å². The molecule has 2 atom stereocenters. The molecule has 0 aliphatic carbocycles. The zero-order chi connectivity index (χ0) is 22.7. The molecule has 0 unspecified atom stereocenters. The highest BCUT2D eigenvalue weighted by Crippen LogP contribution is 2.33. The Balaban J connectivity index is 1.47. The molecule has 1 fully saturated rings. The van der Waals surface area contributed by atoms with E-state index in [1.54, 1.807) is 4.90 Å². The van der Waals surface area contributed by atoms with Gasteiger partial charge in [-0.3, -0.25) is 0 Å². The fourth-order valence-corrected chi connectivity index (χ4v) is 4.51. The molecule has 1 aromatic heterocycles. The van der Waals surface area contributed by atoms with Crippen LogP contribution in [0.2, 0.25) is 0 Å². The molecule has 4 rings (SSSR count). The number of fused-ring (bicyclic) bond motifs is 1. The number of esters is 1. The minimum atomic E-state index is -0.947. The van der Waals surface area contributed by atoms with E-state index in [4.69, 9.17) is 4.74 Å². The van der Waals surface area contributed by atoms with Gasteiger partial charge in [0.05, 0.1) is 12.7 Å². The number of para-hydroxylation sites is 1. The Bertz CT molecular complexity index is 1090. The van der Waals surface area contributed by atoms with E-state index >= 15 is 0 Å². The summed E-state index contributed by atoms with van der Waals surface area (Å²) >= 11 is 0. The van der Waals surface area contributed by atoms with Gasteiger partial charge in [-0.25, -0.2) is 9.59 Å². The molecule has 2 aromatic carbocycles. The molecule has 2 heterocycles. The van der Waals surface area contributed by atoms with Crippen molar-refractivity contribution in [1.82, 2.24) is 15.2 Å². The Morgan fingerprint density at radius 2 is 1.75 bits per heavy atom. The number of aromatic nitrogens is 1. The first kappa shape index (κ1) is 21.9. The third-order valence-corrected chi connectivity index (χ3v) is 6.53. The lowest BCUT2D eigenvalue weighted by Crippen LogP contribution is -2.53. The maximum atomic E-state index is 13.0. The van der Waals surface area contributed by atoms with E-state index in [-0.39, 0.29) is 11.9 Å². The van der Waals surface area contributed by atoms with Crippen LogP contribution in [0, 0.1) is 0 Å². The van der Waals surface area contributed by atoms with Crippen LogP contribution in [0.15, 0.2) is 60.8 Å². The summed E-state index contributed by atoms with van der Waals surface area (Å²) in [6, 6.07) is 16.2. The van der Waals surface area contributed by atoms with Crippen molar-refractivity contribution in [3.05, 3.63) is 71.9 Å². The number of urea groups is 1. The highest BCUT2D eigenvalue weighted by Gasteiger charge is 2.37. The minimum Gasteiger partial charge on any atom is -0.467 e. The third-order valence-electron chi connectivity index (χ3n) is 6.53. The Labute approximate surface area is 187 Å². The molecular weight excluding hydrogens is 406 g/mol. The minimum absolute atomic E-state index is 0.298. The number of ether oxygens (including phenoxy) is 1. The van der Waals surface area contributed by atoms with E-state index < -0.39 is 17.6 Å². The maximum absolute atomic E-state index is 13.0. The average Bonchev–Trinajstić information content (AvgIpc) is 3.27. The zero-order valence-electron chi connectivity index (χ0n) is 18.4. The maximum Gasteiger partial charge on any atom is 0.329 e. The van der Waals surface area contributed by atoms with Crippen LogP contribution in [-0.2, 0) is 15.1 Å². The molecule has 0 saturated carbocycles. The molecule has 1 aliphatic heterocycles. The van der Waals surface area contributed by atoms with Gasteiger partial charge in [0.1, 0.15) is 6.04 Å². The molecule has 0 spiro atoms. The van der Waals surface area contributed by atoms with Crippen LogP contribution >= 0.6 is 0 Å². The first-order valence-corrected chi connectivity index (χ1v) is 10.9. The number of methoxy groups -OCH3 is 1. The smallest absolute Gasteiger partial charge is 0.329 e. The van der Waals surface area contributed by atoms with Gasteiger partial charge in [-0.2, -0.15) is 0 Å². The molecular formula is C25H29N3O4. The summed E-state index contributed by atoms with van der Waals surface area (Å²) in [7, 11) is 1.32. The fraction of sp³-hybridized carbons (Fsp3) is 0.360. The number of nitrogens with one attached hydrogen (secondary N) is 2. The SMILES string of the molecule is COC(=O)[C@H](NC(=O)N1CCC(O)(c2ccccc2)CC1)[C@@H](C)c1c[nH]c2ccccc12. The van der Waals surface area contributed by atoms with E-state index in [1.165, 1.54) is 7.11 Å². The molecule has 0 radical (unpaired) electrons. The van der Waals surface area contributed by atoms with Crippen LogP contribution in [0.25, 0.3) is 10.9 Å². The Morgan fingerprint density at radius 3 is 2.44 bits per heavy atom. The van der Waals surface area contributed by atoms with Crippen LogP contribution in [0.1, 0.15) is 36.8 Å². The van der Waals surface area contributed by atoms with Gasteiger partial charge in [0, 0.05) is 36.1 Å². The van der Waals surface area contributed by atoms with E-state index in [0.717, 1.165) is 22.0 Å². The zero-order valence-corrected chi connectivity index (χ0v) is 18.4. The van der Waals surface area contributed by atoms with Gasteiger partial charge in [0.25, 0.3) is 0 Å². The van der Waals surface area contributed by atoms with Crippen LogP contribution in [0.5, 0.6) is 0 Å². The van der Waals surface area contributed by atoms with E-state index in [2.05, 4.69) is 10.3 Å². The summed E-state index contributed by atoms with van der Waals surface area (Å²) in [6.45, 7) is 2.70.